The van der Waals surface area contributed by atoms with Crippen molar-refractivity contribution < 1.29 is 13.2 Å². The van der Waals surface area contributed by atoms with Gasteiger partial charge in [-0.3, -0.25) is 4.90 Å². The number of fused-ring (bicyclic) bond motifs is 1. The minimum atomic E-state index is -4.05. The largest absolute Gasteiger partial charge is 0.389 e. The lowest BCUT2D eigenvalue weighted by Crippen LogP contribution is -2.60. The van der Waals surface area contributed by atoms with Gasteiger partial charge in [0.15, 0.2) is 0 Å². The smallest absolute Gasteiger partial charge is 0.329 e. The van der Waals surface area contributed by atoms with Crippen molar-refractivity contribution in [1.29, 1.82) is 0 Å². The Bertz CT molecular complexity index is 330. The van der Waals surface area contributed by atoms with Gasteiger partial charge in [0, 0.05) is 24.5 Å². The zero-order valence-electron chi connectivity index (χ0n) is 13.1. The molecule has 0 spiro atoms. The molecule has 0 aromatic carbocycles. The van der Waals surface area contributed by atoms with Crippen LogP contribution in [0, 0.1) is 5.92 Å². The first-order valence-corrected chi connectivity index (χ1v) is 8.39. The quantitative estimate of drug-likeness (QED) is 0.829. The van der Waals surface area contributed by atoms with Crippen LogP contribution in [0.15, 0.2) is 0 Å². The number of piperidine rings is 1. The van der Waals surface area contributed by atoms with Gasteiger partial charge in [-0.2, -0.15) is 13.2 Å². The number of nitrogens with two attached hydrogens (primary N) is 1. The zero-order chi connectivity index (χ0) is 15.5. The first-order valence-electron chi connectivity index (χ1n) is 8.39. The molecular formula is C16H29F3N2. The topological polar surface area (TPSA) is 29.3 Å². The molecule has 3 atom stereocenters. The molecule has 1 aliphatic carbocycles. The van der Waals surface area contributed by atoms with Crippen LogP contribution in [0.25, 0.3) is 0 Å². The molecule has 2 rings (SSSR count). The SMILES string of the molecule is CC(CN)(CCCC(F)(F)F)N1CCC[C@H]2CCCC[C@H]21. The van der Waals surface area contributed by atoms with E-state index in [-0.39, 0.29) is 12.0 Å². The Hall–Kier alpha value is -0.290. The van der Waals surface area contributed by atoms with Gasteiger partial charge in [-0.1, -0.05) is 12.8 Å². The van der Waals surface area contributed by atoms with Crippen LogP contribution in [0.1, 0.15) is 64.7 Å². The summed E-state index contributed by atoms with van der Waals surface area (Å²) < 4.78 is 37.2. The summed E-state index contributed by atoms with van der Waals surface area (Å²) in [5.41, 5.74) is 5.71. The van der Waals surface area contributed by atoms with Crippen molar-refractivity contribution >= 4 is 0 Å². The van der Waals surface area contributed by atoms with E-state index >= 15 is 0 Å². The van der Waals surface area contributed by atoms with Crippen molar-refractivity contribution in [2.24, 2.45) is 11.7 Å². The van der Waals surface area contributed by atoms with E-state index in [0.29, 0.717) is 19.0 Å². The number of halogens is 3. The predicted octanol–water partition coefficient (Wildman–Crippen LogP) is 4.09. The van der Waals surface area contributed by atoms with E-state index in [2.05, 4.69) is 11.8 Å². The van der Waals surface area contributed by atoms with Crippen LogP contribution in [0.4, 0.5) is 13.2 Å². The molecule has 1 saturated carbocycles. The number of hydrogen-bond donors (Lipinski definition) is 1. The average molecular weight is 306 g/mol. The number of nitrogens with zero attached hydrogens (tertiary/aromatic N) is 1. The van der Waals surface area contributed by atoms with Gasteiger partial charge >= 0.3 is 6.18 Å². The van der Waals surface area contributed by atoms with Gasteiger partial charge in [-0.25, -0.2) is 0 Å². The van der Waals surface area contributed by atoms with Crippen LogP contribution in [0.3, 0.4) is 0 Å². The molecule has 0 amide bonds. The summed E-state index contributed by atoms with van der Waals surface area (Å²) in [5.74, 6) is 0.737. The number of rotatable bonds is 5. The van der Waals surface area contributed by atoms with Gasteiger partial charge in [0.05, 0.1) is 0 Å². The lowest BCUT2D eigenvalue weighted by atomic mass is 9.75. The Kier molecular flexibility index (Phi) is 5.58. The molecule has 0 aromatic rings. The second kappa shape index (κ2) is 6.86. The number of hydrogen-bond acceptors (Lipinski definition) is 2. The third-order valence-corrected chi connectivity index (χ3v) is 5.55. The van der Waals surface area contributed by atoms with Crippen molar-refractivity contribution in [2.45, 2.75) is 82.5 Å². The Morgan fingerprint density at radius 3 is 2.38 bits per heavy atom. The highest BCUT2D eigenvalue weighted by Gasteiger charge is 2.42. The van der Waals surface area contributed by atoms with Crippen LogP contribution in [-0.2, 0) is 0 Å². The third-order valence-electron chi connectivity index (χ3n) is 5.55. The van der Waals surface area contributed by atoms with Gasteiger partial charge in [0.2, 0.25) is 0 Å². The summed E-state index contributed by atoms with van der Waals surface area (Å²) in [4.78, 5) is 2.47. The predicted molar refractivity (Wildman–Crippen MR) is 79.1 cm³/mol. The molecule has 2 nitrogen and oxygen atoms in total. The lowest BCUT2D eigenvalue weighted by Gasteiger charge is -2.52. The molecule has 21 heavy (non-hydrogen) atoms. The summed E-state index contributed by atoms with van der Waals surface area (Å²) in [6.07, 6.45) is 3.47. The summed E-state index contributed by atoms with van der Waals surface area (Å²) in [5, 5.41) is 0. The molecule has 0 aromatic heterocycles. The van der Waals surface area contributed by atoms with E-state index < -0.39 is 12.6 Å². The van der Waals surface area contributed by atoms with E-state index in [1.54, 1.807) is 0 Å². The second-order valence-corrected chi connectivity index (χ2v) is 7.12. The van der Waals surface area contributed by atoms with Crippen molar-refractivity contribution in [3.8, 4) is 0 Å². The summed E-state index contributed by atoms with van der Waals surface area (Å²) in [6, 6.07) is 0.548. The molecule has 5 heteroatoms. The maximum atomic E-state index is 12.4. The van der Waals surface area contributed by atoms with Crippen molar-refractivity contribution in [3.63, 3.8) is 0 Å². The van der Waals surface area contributed by atoms with Gasteiger partial charge in [0.25, 0.3) is 0 Å². The van der Waals surface area contributed by atoms with E-state index in [9.17, 15) is 13.2 Å². The highest BCUT2D eigenvalue weighted by molar-refractivity contribution is 4.97. The van der Waals surface area contributed by atoms with E-state index in [1.165, 1.54) is 32.1 Å². The van der Waals surface area contributed by atoms with Gasteiger partial charge in [-0.05, 0) is 57.9 Å². The Labute approximate surface area is 126 Å². The van der Waals surface area contributed by atoms with Crippen LogP contribution >= 0.6 is 0 Å². The molecule has 2 fully saturated rings. The Morgan fingerprint density at radius 2 is 1.71 bits per heavy atom. The van der Waals surface area contributed by atoms with Gasteiger partial charge < -0.3 is 5.73 Å². The fourth-order valence-corrected chi connectivity index (χ4v) is 4.33. The second-order valence-electron chi connectivity index (χ2n) is 7.12. The van der Waals surface area contributed by atoms with Crippen LogP contribution in [-0.4, -0.2) is 35.7 Å². The number of alkyl halides is 3. The summed E-state index contributed by atoms with van der Waals surface area (Å²) >= 11 is 0. The molecule has 1 saturated heterocycles. The number of likely N-dealkylation sites (tertiary alicyclic amines) is 1. The molecule has 0 radical (unpaired) electrons. The molecule has 2 aliphatic rings. The highest BCUT2D eigenvalue weighted by Crippen LogP contribution is 2.40. The molecule has 2 N–H and O–H groups in total. The molecule has 1 aliphatic heterocycles. The normalized spacial score (nSPS) is 30.7. The van der Waals surface area contributed by atoms with E-state index in [4.69, 9.17) is 5.73 Å². The first kappa shape index (κ1) is 17.1. The van der Waals surface area contributed by atoms with Crippen molar-refractivity contribution in [3.05, 3.63) is 0 Å². The van der Waals surface area contributed by atoms with Gasteiger partial charge in [0.1, 0.15) is 0 Å². The maximum absolute atomic E-state index is 12.4. The van der Waals surface area contributed by atoms with E-state index in [0.717, 1.165) is 18.9 Å². The standard InChI is InChI=1S/C16H29F3N2/c1-15(12-20,9-5-10-16(17,18)19)21-11-4-7-13-6-2-3-8-14(13)21/h13-14H,2-12,20H2,1H3/t13-,14-,15?/m1/s1. The van der Waals surface area contributed by atoms with Crippen molar-refractivity contribution in [1.82, 2.24) is 4.90 Å². The molecule has 1 unspecified atom stereocenters. The van der Waals surface area contributed by atoms with Crippen LogP contribution in [0.2, 0.25) is 0 Å². The van der Waals surface area contributed by atoms with Crippen LogP contribution in [0.5, 0.6) is 0 Å². The monoisotopic (exact) mass is 306 g/mol. The Morgan fingerprint density at radius 1 is 1.05 bits per heavy atom. The minimum Gasteiger partial charge on any atom is -0.329 e. The fraction of sp³-hybridized carbons (Fsp3) is 1.00. The van der Waals surface area contributed by atoms with Crippen LogP contribution < -0.4 is 5.73 Å². The van der Waals surface area contributed by atoms with Crippen molar-refractivity contribution in [2.75, 3.05) is 13.1 Å². The summed E-state index contributed by atoms with van der Waals surface area (Å²) in [7, 11) is 0. The van der Waals surface area contributed by atoms with Gasteiger partial charge in [-0.15, -0.1) is 0 Å². The first-order chi connectivity index (χ1) is 9.86. The Balaban J connectivity index is 2.00. The molecule has 0 bridgehead atoms. The molecular weight excluding hydrogens is 277 g/mol. The third kappa shape index (κ3) is 4.35. The maximum Gasteiger partial charge on any atom is 0.389 e. The molecule has 124 valence electrons. The average Bonchev–Trinajstić information content (AvgIpc) is 2.45. The zero-order valence-corrected chi connectivity index (χ0v) is 13.1. The molecule has 1 heterocycles. The lowest BCUT2D eigenvalue weighted by molar-refractivity contribution is -0.137. The highest BCUT2D eigenvalue weighted by atomic mass is 19.4. The summed E-state index contributed by atoms with van der Waals surface area (Å²) in [6.45, 7) is 3.52. The minimum absolute atomic E-state index is 0.186. The fourth-order valence-electron chi connectivity index (χ4n) is 4.33. The van der Waals surface area contributed by atoms with E-state index in [1.807, 2.05) is 0 Å².